The van der Waals surface area contributed by atoms with Gasteiger partial charge in [0.05, 0.1) is 15.7 Å². The number of hydrogen-bond donors (Lipinski definition) is 1. The zero-order valence-corrected chi connectivity index (χ0v) is 15.4. The molecule has 1 aliphatic carbocycles. The van der Waals surface area contributed by atoms with Crippen molar-refractivity contribution in [1.82, 2.24) is 4.72 Å². The number of hydrogen-bond acceptors (Lipinski definition) is 2. The Bertz CT molecular complexity index is 322. The van der Waals surface area contributed by atoms with Crippen molar-refractivity contribution in [3.8, 4) is 0 Å². The molecule has 0 spiro atoms. The van der Waals surface area contributed by atoms with Gasteiger partial charge in [-0.3, -0.25) is 0 Å². The second-order valence-electron chi connectivity index (χ2n) is 7.57. The summed E-state index contributed by atoms with van der Waals surface area (Å²) < 4.78 is 21.6. The summed E-state index contributed by atoms with van der Waals surface area (Å²) >= 11 is 0. The first-order valence-electron chi connectivity index (χ1n) is 7.37. The molecule has 0 aromatic carbocycles. The van der Waals surface area contributed by atoms with E-state index in [9.17, 15) is 4.21 Å². The van der Waals surface area contributed by atoms with E-state index in [-0.39, 0.29) is 10.9 Å². The van der Waals surface area contributed by atoms with Gasteiger partial charge in [-0.15, -0.1) is 0 Å². The van der Waals surface area contributed by atoms with E-state index in [1.807, 2.05) is 20.8 Å². The van der Waals surface area contributed by atoms with Gasteiger partial charge in [0.1, 0.15) is 0 Å². The summed E-state index contributed by atoms with van der Waals surface area (Å²) in [6.45, 7) is 14.8. The molecule has 114 valence electrons. The maximum absolute atomic E-state index is 12.3. The Morgan fingerprint density at radius 1 is 1.32 bits per heavy atom. The SMILES string of the molecule is CC(C)O[Si](C)(C)C[C@H](N[S@@](=O)C(C)(C)C)C1CC1. The Labute approximate surface area is 122 Å². The fraction of sp³-hybridized carbons (Fsp3) is 1.00. The zero-order valence-electron chi connectivity index (χ0n) is 13.6. The molecule has 0 aromatic rings. The van der Waals surface area contributed by atoms with Crippen molar-refractivity contribution >= 4 is 19.3 Å². The van der Waals surface area contributed by atoms with Crippen LogP contribution in [0.25, 0.3) is 0 Å². The highest BCUT2D eigenvalue weighted by molar-refractivity contribution is 7.84. The van der Waals surface area contributed by atoms with Gasteiger partial charge in [-0.2, -0.15) is 0 Å². The minimum Gasteiger partial charge on any atom is -0.415 e. The Kier molecular flexibility index (Phi) is 5.81. The van der Waals surface area contributed by atoms with Gasteiger partial charge in [-0.05, 0) is 72.5 Å². The number of rotatable bonds is 7. The van der Waals surface area contributed by atoms with Crippen molar-refractivity contribution < 1.29 is 8.63 Å². The summed E-state index contributed by atoms with van der Waals surface area (Å²) in [6.07, 6.45) is 2.82. The summed E-state index contributed by atoms with van der Waals surface area (Å²) in [5.41, 5.74) is 0. The average Bonchev–Trinajstić information content (AvgIpc) is 2.94. The Morgan fingerprint density at radius 3 is 2.21 bits per heavy atom. The third-order valence-electron chi connectivity index (χ3n) is 3.27. The van der Waals surface area contributed by atoms with Crippen LogP contribution < -0.4 is 4.72 Å². The molecule has 0 saturated heterocycles. The molecule has 1 aliphatic rings. The van der Waals surface area contributed by atoms with Gasteiger partial charge in [-0.1, -0.05) is 0 Å². The number of nitrogens with one attached hydrogen (secondary N) is 1. The third-order valence-corrected chi connectivity index (χ3v) is 7.43. The van der Waals surface area contributed by atoms with Crippen LogP contribution in [0.1, 0.15) is 47.5 Å². The van der Waals surface area contributed by atoms with Crippen molar-refractivity contribution in [2.24, 2.45) is 5.92 Å². The fourth-order valence-electron chi connectivity index (χ4n) is 2.33. The molecule has 5 heteroatoms. The van der Waals surface area contributed by atoms with Gasteiger partial charge in [0, 0.05) is 12.1 Å². The standard InChI is InChI=1S/C14H31NO2SSi/c1-11(2)17-19(6,7)10-13(12-8-9-12)15-18(16)14(3,4)5/h11-13,15H,8-10H2,1-7H3/t13-,18-/m0/s1. The van der Waals surface area contributed by atoms with Crippen molar-refractivity contribution in [1.29, 1.82) is 0 Å². The molecular weight excluding hydrogens is 274 g/mol. The second kappa shape index (κ2) is 6.37. The lowest BCUT2D eigenvalue weighted by atomic mass is 10.2. The van der Waals surface area contributed by atoms with Crippen LogP contribution >= 0.6 is 0 Å². The molecule has 1 rings (SSSR count). The van der Waals surface area contributed by atoms with Gasteiger partial charge in [0.15, 0.2) is 8.32 Å². The van der Waals surface area contributed by atoms with Gasteiger partial charge >= 0.3 is 0 Å². The molecule has 0 aliphatic heterocycles. The molecule has 0 radical (unpaired) electrons. The van der Waals surface area contributed by atoms with E-state index >= 15 is 0 Å². The zero-order chi connectivity index (χ0) is 14.8. The molecule has 19 heavy (non-hydrogen) atoms. The molecule has 0 heterocycles. The first kappa shape index (κ1) is 17.3. The minimum absolute atomic E-state index is 0.197. The minimum atomic E-state index is -1.68. The van der Waals surface area contributed by atoms with Crippen molar-refractivity contribution in [3.05, 3.63) is 0 Å². The first-order valence-corrected chi connectivity index (χ1v) is 11.6. The van der Waals surface area contributed by atoms with Crippen LogP contribution in [0.5, 0.6) is 0 Å². The highest BCUT2D eigenvalue weighted by Crippen LogP contribution is 2.37. The Balaban J connectivity index is 2.61. The summed E-state index contributed by atoms with van der Waals surface area (Å²) in [5.74, 6) is 0.703. The molecular formula is C14H31NO2SSi. The quantitative estimate of drug-likeness (QED) is 0.732. The second-order valence-corrected chi connectivity index (χ2v) is 13.7. The van der Waals surface area contributed by atoms with Crippen LogP contribution in [-0.2, 0) is 15.4 Å². The van der Waals surface area contributed by atoms with Gasteiger partial charge in [-0.25, -0.2) is 8.93 Å². The van der Waals surface area contributed by atoms with Crippen LogP contribution in [0.15, 0.2) is 0 Å². The molecule has 1 N–H and O–H groups in total. The summed E-state index contributed by atoms with van der Waals surface area (Å²) in [7, 11) is -2.65. The van der Waals surface area contributed by atoms with E-state index in [4.69, 9.17) is 4.43 Å². The molecule has 0 aromatic heterocycles. The lowest BCUT2D eigenvalue weighted by molar-refractivity contribution is 0.228. The molecule has 1 saturated carbocycles. The predicted molar refractivity (Wildman–Crippen MR) is 86.1 cm³/mol. The Morgan fingerprint density at radius 2 is 1.84 bits per heavy atom. The predicted octanol–water partition coefficient (Wildman–Crippen LogP) is 3.45. The van der Waals surface area contributed by atoms with E-state index in [1.54, 1.807) is 0 Å². The van der Waals surface area contributed by atoms with Gasteiger partial charge < -0.3 is 4.43 Å². The van der Waals surface area contributed by atoms with E-state index in [1.165, 1.54) is 12.8 Å². The normalized spacial score (nSPS) is 20.6. The van der Waals surface area contributed by atoms with Crippen molar-refractivity contribution in [2.45, 2.75) is 83.5 Å². The summed E-state index contributed by atoms with van der Waals surface area (Å²) in [6, 6.07) is 1.41. The van der Waals surface area contributed by atoms with E-state index < -0.39 is 19.3 Å². The van der Waals surface area contributed by atoms with Crippen LogP contribution in [0.3, 0.4) is 0 Å². The fourth-order valence-corrected chi connectivity index (χ4v) is 6.25. The smallest absolute Gasteiger partial charge is 0.188 e. The lowest BCUT2D eigenvalue weighted by Crippen LogP contribution is -2.46. The highest BCUT2D eigenvalue weighted by atomic mass is 32.2. The van der Waals surface area contributed by atoms with E-state index in [0.717, 1.165) is 6.04 Å². The highest BCUT2D eigenvalue weighted by Gasteiger charge is 2.39. The van der Waals surface area contributed by atoms with Crippen molar-refractivity contribution in [3.63, 3.8) is 0 Å². The van der Waals surface area contributed by atoms with Gasteiger partial charge in [0.25, 0.3) is 0 Å². The molecule has 0 amide bonds. The topological polar surface area (TPSA) is 38.3 Å². The first-order chi connectivity index (χ1) is 8.51. The molecule has 0 bridgehead atoms. The van der Waals surface area contributed by atoms with Crippen molar-refractivity contribution in [2.75, 3.05) is 0 Å². The molecule has 2 atom stereocenters. The summed E-state index contributed by atoms with van der Waals surface area (Å²) in [4.78, 5) is 0. The maximum atomic E-state index is 12.3. The third kappa shape index (κ3) is 6.51. The van der Waals surface area contributed by atoms with E-state index in [2.05, 4.69) is 31.7 Å². The van der Waals surface area contributed by atoms with Crippen LogP contribution in [-0.4, -0.2) is 29.4 Å². The van der Waals surface area contributed by atoms with Crippen LogP contribution in [0.2, 0.25) is 19.1 Å². The molecule has 1 fully saturated rings. The average molecular weight is 306 g/mol. The lowest BCUT2D eigenvalue weighted by Gasteiger charge is -2.31. The van der Waals surface area contributed by atoms with Crippen LogP contribution in [0.4, 0.5) is 0 Å². The molecule has 0 unspecified atom stereocenters. The Hall–Kier alpha value is 0.287. The van der Waals surface area contributed by atoms with Gasteiger partial charge in [0.2, 0.25) is 0 Å². The maximum Gasteiger partial charge on any atom is 0.188 e. The monoisotopic (exact) mass is 305 g/mol. The summed E-state index contributed by atoms with van der Waals surface area (Å²) in [5, 5.41) is 0. The molecule has 3 nitrogen and oxygen atoms in total. The van der Waals surface area contributed by atoms with Crippen LogP contribution in [0, 0.1) is 5.92 Å². The largest absolute Gasteiger partial charge is 0.415 e. The van der Waals surface area contributed by atoms with E-state index in [0.29, 0.717) is 12.0 Å².